The fourth-order valence-corrected chi connectivity index (χ4v) is 7.41. The highest BCUT2D eigenvalue weighted by molar-refractivity contribution is 7.99. The highest BCUT2D eigenvalue weighted by Gasteiger charge is 2.71. The first-order chi connectivity index (χ1) is 18.5. The number of likely N-dealkylation sites (tertiary alicyclic amines) is 1. The van der Waals surface area contributed by atoms with Crippen LogP contribution in [0.3, 0.4) is 0 Å². The minimum Gasteiger partial charge on any atom is -0.444 e. The maximum Gasteiger partial charge on any atom is 0.411 e. The van der Waals surface area contributed by atoms with Gasteiger partial charge < -0.3 is 10.1 Å². The monoisotopic (exact) mass is 549 g/mol. The number of nitriles is 1. The van der Waals surface area contributed by atoms with Crippen LogP contribution in [-0.4, -0.2) is 46.4 Å². The van der Waals surface area contributed by atoms with Crippen LogP contribution in [0.15, 0.2) is 47.4 Å². The Morgan fingerprint density at radius 3 is 2.49 bits per heavy atom. The minimum atomic E-state index is -0.921. The van der Waals surface area contributed by atoms with Crippen molar-refractivity contribution in [2.75, 3.05) is 5.75 Å². The smallest absolute Gasteiger partial charge is 0.411 e. The van der Waals surface area contributed by atoms with Gasteiger partial charge in [0.2, 0.25) is 5.91 Å². The van der Waals surface area contributed by atoms with Crippen LogP contribution in [0.2, 0.25) is 0 Å². The van der Waals surface area contributed by atoms with E-state index in [1.165, 1.54) is 11.0 Å². The number of rotatable bonds is 7. The molecule has 0 radical (unpaired) electrons. The summed E-state index contributed by atoms with van der Waals surface area (Å²) < 4.78 is 20.8. The molecule has 1 aliphatic heterocycles. The largest absolute Gasteiger partial charge is 0.444 e. The molecular weight excluding hydrogens is 513 g/mol. The summed E-state index contributed by atoms with van der Waals surface area (Å²) in [4.78, 5) is 29.5. The first-order valence-corrected chi connectivity index (χ1v) is 14.7. The number of halogens is 1. The van der Waals surface area contributed by atoms with Gasteiger partial charge in [-0.2, -0.15) is 5.26 Å². The molecule has 1 heterocycles. The lowest BCUT2D eigenvalue weighted by molar-refractivity contribution is -0.128. The van der Waals surface area contributed by atoms with Crippen LogP contribution in [0.1, 0.15) is 46.6 Å². The maximum atomic E-state index is 15.1. The minimum absolute atomic E-state index is 0.0132. The molecule has 3 fully saturated rings. The number of hydrogen-bond donors (Lipinski definition) is 1. The molecule has 5 rings (SSSR count). The molecule has 1 N–H and O–H groups in total. The summed E-state index contributed by atoms with van der Waals surface area (Å²) in [5.41, 5.74) is 1.35. The van der Waals surface area contributed by atoms with E-state index in [1.54, 1.807) is 22.7 Å². The fourth-order valence-electron chi connectivity index (χ4n) is 6.75. The molecule has 206 valence electrons. The highest BCUT2D eigenvalue weighted by atomic mass is 32.2. The number of nitrogens with one attached hydrogen (secondary N) is 1. The lowest BCUT2D eigenvalue weighted by Gasteiger charge is -2.35. The Morgan fingerprint density at radius 1 is 1.18 bits per heavy atom. The van der Waals surface area contributed by atoms with E-state index in [1.807, 2.05) is 51.1 Å². The zero-order valence-electron chi connectivity index (χ0n) is 23.1. The Kier molecular flexibility index (Phi) is 7.41. The Labute approximate surface area is 234 Å². The third-order valence-electron chi connectivity index (χ3n) is 8.35. The summed E-state index contributed by atoms with van der Waals surface area (Å²) in [6.07, 6.45) is 0.336. The van der Waals surface area contributed by atoms with E-state index in [-0.39, 0.29) is 24.3 Å². The number of nitrogens with zero attached hydrogens (tertiary/aromatic N) is 2. The molecule has 0 aromatic heterocycles. The van der Waals surface area contributed by atoms with Crippen LogP contribution in [0, 0.1) is 40.8 Å². The lowest BCUT2D eigenvalue weighted by Crippen LogP contribution is -2.56. The first kappa shape index (κ1) is 27.5. The summed E-state index contributed by atoms with van der Waals surface area (Å²) >= 11 is 1.75. The molecule has 1 saturated heterocycles. The average molecular weight is 550 g/mol. The van der Waals surface area contributed by atoms with Crippen molar-refractivity contribution in [1.82, 2.24) is 10.2 Å². The molecule has 6 nitrogen and oxygen atoms in total. The van der Waals surface area contributed by atoms with Gasteiger partial charge in [0.1, 0.15) is 23.5 Å². The van der Waals surface area contributed by atoms with E-state index < -0.39 is 29.6 Å². The normalized spacial score (nSPS) is 27.5. The van der Waals surface area contributed by atoms with E-state index in [4.69, 9.17) is 4.74 Å². The molecular formula is C31H36FN3O3S. The Hall–Kier alpha value is -3.05. The second kappa shape index (κ2) is 10.5. The summed E-state index contributed by atoms with van der Waals surface area (Å²) in [6, 6.07) is 13.5. The van der Waals surface area contributed by atoms with Crippen LogP contribution >= 0.6 is 11.8 Å². The van der Waals surface area contributed by atoms with Gasteiger partial charge in [-0.1, -0.05) is 38.1 Å². The van der Waals surface area contributed by atoms with E-state index in [0.717, 1.165) is 23.3 Å². The number of piperidine rings is 1. The molecule has 8 heteroatoms. The second-order valence-corrected chi connectivity index (χ2v) is 13.3. The summed E-state index contributed by atoms with van der Waals surface area (Å²) in [6.45, 7) is 9.70. The van der Waals surface area contributed by atoms with Gasteiger partial charge in [-0.25, -0.2) is 9.18 Å². The van der Waals surface area contributed by atoms with Crippen molar-refractivity contribution in [1.29, 1.82) is 5.26 Å². The predicted molar refractivity (Wildman–Crippen MR) is 149 cm³/mol. The van der Waals surface area contributed by atoms with Crippen molar-refractivity contribution in [3.05, 3.63) is 53.8 Å². The van der Waals surface area contributed by atoms with Gasteiger partial charge in [0, 0.05) is 17.4 Å². The van der Waals surface area contributed by atoms with Crippen LogP contribution < -0.4 is 5.32 Å². The Balaban J connectivity index is 1.28. The van der Waals surface area contributed by atoms with E-state index in [2.05, 4.69) is 25.2 Å². The SMILES string of the molecule is CCSc1ccc(-c2ccc(C[C@@H](C#N)NC(=O)C3C4CC(C5C(C)C45)N3C(=O)OC(C)(C)C)c(F)c2)cc1. The molecule has 0 spiro atoms. The standard InChI is InChI=1S/C31H36FN3O3S/c1-6-39-22-11-9-18(10-12-22)19-7-8-20(24(32)14-19)13-21(16-33)34-29(36)28-23-15-25(27-17(2)26(23)27)35(28)30(37)38-31(3,4)5/h7-12,14,17,21,23,25-28H,6,13,15H2,1-5H3,(H,34,36)/t17?,21-,23?,25?,26?,27?,28?/m0/s1. The van der Waals surface area contributed by atoms with E-state index >= 15 is 4.39 Å². The van der Waals surface area contributed by atoms with Gasteiger partial charge in [0.15, 0.2) is 0 Å². The summed E-state index contributed by atoms with van der Waals surface area (Å²) in [5.74, 6) is 1.56. The van der Waals surface area contributed by atoms with E-state index in [9.17, 15) is 14.9 Å². The fraction of sp³-hybridized carbons (Fsp3) is 0.516. The van der Waals surface area contributed by atoms with Crippen molar-refractivity contribution in [3.63, 3.8) is 0 Å². The second-order valence-electron chi connectivity index (χ2n) is 12.0. The van der Waals surface area contributed by atoms with Crippen molar-refractivity contribution < 1.29 is 18.7 Å². The van der Waals surface area contributed by atoms with Gasteiger partial charge >= 0.3 is 6.09 Å². The van der Waals surface area contributed by atoms with Gasteiger partial charge in [0.25, 0.3) is 0 Å². The number of carbonyl (C=O) groups excluding carboxylic acids is 2. The van der Waals surface area contributed by atoms with Gasteiger partial charge in [-0.3, -0.25) is 9.69 Å². The maximum absolute atomic E-state index is 15.1. The van der Waals surface area contributed by atoms with Crippen LogP contribution in [-0.2, 0) is 16.0 Å². The molecule has 39 heavy (non-hydrogen) atoms. The molecule has 2 bridgehead atoms. The summed E-state index contributed by atoms with van der Waals surface area (Å²) in [7, 11) is 0. The molecule has 3 aliphatic rings. The first-order valence-electron chi connectivity index (χ1n) is 13.8. The van der Waals surface area contributed by atoms with Crippen molar-refractivity contribution in [2.45, 2.75) is 76.1 Å². The average Bonchev–Trinajstić information content (AvgIpc) is 3.22. The number of amides is 2. The topological polar surface area (TPSA) is 82.4 Å². The number of hydrogen-bond acceptors (Lipinski definition) is 5. The Bertz CT molecular complexity index is 1300. The Morgan fingerprint density at radius 2 is 1.87 bits per heavy atom. The van der Waals surface area contributed by atoms with Crippen LogP contribution in [0.25, 0.3) is 11.1 Å². The van der Waals surface area contributed by atoms with Gasteiger partial charge in [-0.05, 0) is 91.5 Å². The highest BCUT2D eigenvalue weighted by Crippen LogP contribution is 2.67. The zero-order chi connectivity index (χ0) is 28.1. The van der Waals surface area contributed by atoms with Gasteiger partial charge in [0.05, 0.1) is 6.07 Å². The predicted octanol–water partition coefficient (Wildman–Crippen LogP) is 6.05. The number of fused-ring (bicyclic) bond motifs is 5. The third-order valence-corrected chi connectivity index (χ3v) is 9.25. The third kappa shape index (κ3) is 5.38. The number of ether oxygens (including phenoxy) is 1. The molecule has 2 saturated carbocycles. The van der Waals surface area contributed by atoms with Crippen LogP contribution in [0.5, 0.6) is 0 Å². The van der Waals surface area contributed by atoms with E-state index in [0.29, 0.717) is 23.3 Å². The zero-order valence-corrected chi connectivity index (χ0v) is 23.9. The number of carbonyl (C=O) groups is 2. The van der Waals surface area contributed by atoms with Crippen LogP contribution in [0.4, 0.5) is 9.18 Å². The quantitative estimate of drug-likeness (QED) is 0.426. The molecule has 7 atom stereocenters. The lowest BCUT2D eigenvalue weighted by atomic mass is 9.94. The number of benzene rings is 2. The molecule has 6 unspecified atom stereocenters. The van der Waals surface area contributed by atoms with Crippen molar-refractivity contribution in [2.24, 2.45) is 23.7 Å². The molecule has 2 aromatic rings. The molecule has 2 aliphatic carbocycles. The summed E-state index contributed by atoms with van der Waals surface area (Å²) in [5, 5.41) is 12.7. The van der Waals surface area contributed by atoms with Gasteiger partial charge in [-0.15, -0.1) is 11.8 Å². The van der Waals surface area contributed by atoms with Crippen molar-refractivity contribution in [3.8, 4) is 17.2 Å². The van der Waals surface area contributed by atoms with Crippen molar-refractivity contribution >= 4 is 23.8 Å². The molecule has 2 aromatic carbocycles. The molecule has 2 amide bonds. The number of thioether (sulfide) groups is 1.